The number of allylic oxidation sites excluding steroid dienone is 2. The Kier molecular flexibility index (Phi) is 4.62. The molecule has 0 spiro atoms. The highest BCUT2D eigenvalue weighted by molar-refractivity contribution is 6.23. The van der Waals surface area contributed by atoms with Crippen molar-refractivity contribution in [1.82, 2.24) is 0 Å². The third kappa shape index (κ3) is 3.83. The van der Waals surface area contributed by atoms with Crippen molar-refractivity contribution >= 4 is 17.6 Å². The first-order chi connectivity index (χ1) is 5.11. The number of hydrogen-bond acceptors (Lipinski definition) is 2. The Labute approximate surface area is 71.5 Å². The summed E-state index contributed by atoms with van der Waals surface area (Å²) >= 11 is 5.66. The van der Waals surface area contributed by atoms with Gasteiger partial charge in [0, 0.05) is 5.57 Å². The third-order valence-corrected chi connectivity index (χ3v) is 1.45. The highest BCUT2D eigenvalue weighted by Crippen LogP contribution is 2.04. The SMILES string of the molecule is C=CC(Cl)C=C(C)C(=O)OC. The molecule has 0 aromatic rings. The predicted octanol–water partition coefficient (Wildman–Crippen LogP) is 1.90. The maximum absolute atomic E-state index is 10.8. The average Bonchev–Trinajstić information content (AvgIpc) is 2.02. The van der Waals surface area contributed by atoms with Crippen LogP contribution in [-0.2, 0) is 9.53 Å². The summed E-state index contributed by atoms with van der Waals surface area (Å²) in [5, 5.41) is -0.311. The quantitative estimate of drug-likeness (QED) is 0.283. The van der Waals surface area contributed by atoms with Crippen molar-refractivity contribution in [2.24, 2.45) is 0 Å². The first-order valence-corrected chi connectivity index (χ1v) is 3.58. The van der Waals surface area contributed by atoms with Crippen LogP contribution in [0.5, 0.6) is 0 Å². The largest absolute Gasteiger partial charge is 0.466 e. The number of rotatable bonds is 3. The summed E-state index contributed by atoms with van der Waals surface area (Å²) < 4.78 is 4.46. The molecule has 0 N–H and O–H groups in total. The van der Waals surface area contributed by atoms with Crippen LogP contribution in [0.2, 0.25) is 0 Å². The second kappa shape index (κ2) is 4.97. The van der Waals surface area contributed by atoms with Crippen molar-refractivity contribution < 1.29 is 9.53 Å². The molecule has 1 unspecified atom stereocenters. The minimum atomic E-state index is -0.363. The summed E-state index contributed by atoms with van der Waals surface area (Å²) in [6.07, 6.45) is 3.12. The number of methoxy groups -OCH3 is 1. The molecular weight excluding hydrogens is 164 g/mol. The normalized spacial score (nSPS) is 13.9. The van der Waals surface area contributed by atoms with Gasteiger partial charge in [0.1, 0.15) is 0 Å². The molecule has 0 aromatic heterocycles. The number of alkyl halides is 1. The molecule has 0 radical (unpaired) electrons. The summed E-state index contributed by atoms with van der Waals surface area (Å²) in [7, 11) is 1.33. The van der Waals surface area contributed by atoms with Gasteiger partial charge >= 0.3 is 5.97 Å². The Morgan fingerprint density at radius 2 is 2.27 bits per heavy atom. The fraction of sp³-hybridized carbons (Fsp3) is 0.375. The topological polar surface area (TPSA) is 26.3 Å². The highest BCUT2D eigenvalue weighted by atomic mass is 35.5. The molecule has 0 heterocycles. The van der Waals surface area contributed by atoms with Gasteiger partial charge < -0.3 is 4.74 Å². The van der Waals surface area contributed by atoms with E-state index in [1.54, 1.807) is 13.0 Å². The molecule has 62 valence electrons. The molecule has 11 heavy (non-hydrogen) atoms. The van der Waals surface area contributed by atoms with E-state index in [4.69, 9.17) is 11.6 Å². The smallest absolute Gasteiger partial charge is 0.333 e. The van der Waals surface area contributed by atoms with Crippen LogP contribution >= 0.6 is 11.6 Å². The molecule has 0 saturated heterocycles. The Balaban J connectivity index is 4.20. The molecule has 0 aliphatic rings. The van der Waals surface area contributed by atoms with Crippen molar-refractivity contribution in [3.63, 3.8) is 0 Å². The summed E-state index contributed by atoms with van der Waals surface area (Å²) in [5.41, 5.74) is 0.493. The van der Waals surface area contributed by atoms with Crippen LogP contribution < -0.4 is 0 Å². The lowest BCUT2D eigenvalue weighted by atomic mass is 10.2. The van der Waals surface area contributed by atoms with Crippen molar-refractivity contribution in [3.8, 4) is 0 Å². The average molecular weight is 175 g/mol. The number of esters is 1. The fourth-order valence-electron chi connectivity index (χ4n) is 0.536. The molecule has 0 rings (SSSR count). The van der Waals surface area contributed by atoms with Gasteiger partial charge in [0.15, 0.2) is 0 Å². The van der Waals surface area contributed by atoms with Gasteiger partial charge in [0.25, 0.3) is 0 Å². The van der Waals surface area contributed by atoms with Crippen molar-refractivity contribution in [2.45, 2.75) is 12.3 Å². The van der Waals surface area contributed by atoms with E-state index in [1.807, 2.05) is 0 Å². The number of carbonyl (C=O) groups excluding carboxylic acids is 1. The van der Waals surface area contributed by atoms with Crippen LogP contribution in [0.1, 0.15) is 6.92 Å². The minimum Gasteiger partial charge on any atom is -0.466 e. The molecule has 0 aliphatic heterocycles. The van der Waals surface area contributed by atoms with Gasteiger partial charge in [-0.15, -0.1) is 18.2 Å². The molecule has 2 nitrogen and oxygen atoms in total. The Hall–Kier alpha value is -0.760. The van der Waals surface area contributed by atoms with Crippen LogP contribution in [0.4, 0.5) is 0 Å². The minimum absolute atomic E-state index is 0.311. The second-order valence-electron chi connectivity index (χ2n) is 2.02. The molecule has 0 aromatic carbocycles. The fourth-order valence-corrected chi connectivity index (χ4v) is 0.725. The highest BCUT2D eigenvalue weighted by Gasteiger charge is 2.03. The lowest BCUT2D eigenvalue weighted by Crippen LogP contribution is -2.03. The van der Waals surface area contributed by atoms with Crippen LogP contribution in [0.3, 0.4) is 0 Å². The summed E-state index contributed by atoms with van der Waals surface area (Å²) in [5.74, 6) is -0.363. The van der Waals surface area contributed by atoms with E-state index in [2.05, 4.69) is 11.3 Å². The zero-order chi connectivity index (χ0) is 8.85. The lowest BCUT2D eigenvalue weighted by Gasteiger charge is -1.99. The second-order valence-corrected chi connectivity index (χ2v) is 2.53. The molecule has 0 bridgehead atoms. The van der Waals surface area contributed by atoms with E-state index >= 15 is 0 Å². The summed E-state index contributed by atoms with van der Waals surface area (Å²) in [6.45, 7) is 5.11. The monoisotopic (exact) mass is 174 g/mol. The first kappa shape index (κ1) is 10.2. The van der Waals surface area contributed by atoms with Gasteiger partial charge in [0.2, 0.25) is 0 Å². The van der Waals surface area contributed by atoms with Gasteiger partial charge in [-0.25, -0.2) is 4.79 Å². The van der Waals surface area contributed by atoms with E-state index in [-0.39, 0.29) is 11.3 Å². The predicted molar refractivity (Wildman–Crippen MR) is 45.6 cm³/mol. The van der Waals surface area contributed by atoms with Gasteiger partial charge in [-0.3, -0.25) is 0 Å². The van der Waals surface area contributed by atoms with E-state index < -0.39 is 0 Å². The summed E-state index contributed by atoms with van der Waals surface area (Å²) in [4.78, 5) is 10.8. The van der Waals surface area contributed by atoms with E-state index in [9.17, 15) is 4.79 Å². The Morgan fingerprint density at radius 1 is 1.73 bits per heavy atom. The zero-order valence-corrected chi connectivity index (χ0v) is 7.39. The zero-order valence-electron chi connectivity index (χ0n) is 6.63. The number of halogens is 1. The number of ether oxygens (including phenoxy) is 1. The third-order valence-electron chi connectivity index (χ3n) is 1.14. The van der Waals surface area contributed by atoms with E-state index in [0.29, 0.717) is 5.57 Å². The van der Waals surface area contributed by atoms with Gasteiger partial charge in [0.05, 0.1) is 12.5 Å². The molecule has 0 fully saturated rings. The van der Waals surface area contributed by atoms with Gasteiger partial charge in [-0.05, 0) is 6.92 Å². The standard InChI is InChI=1S/C8H11ClO2/c1-4-7(9)5-6(2)8(10)11-3/h4-5,7H,1H2,2-3H3. The Bertz CT molecular complexity index is 185. The molecule has 0 amide bonds. The number of hydrogen-bond donors (Lipinski definition) is 0. The van der Waals surface area contributed by atoms with Crippen molar-refractivity contribution in [2.75, 3.05) is 7.11 Å². The number of carbonyl (C=O) groups is 1. The summed E-state index contributed by atoms with van der Waals surface area (Å²) in [6, 6.07) is 0. The lowest BCUT2D eigenvalue weighted by molar-refractivity contribution is -0.136. The maximum Gasteiger partial charge on any atom is 0.333 e. The molecule has 1 atom stereocenters. The van der Waals surface area contributed by atoms with Crippen LogP contribution in [-0.4, -0.2) is 18.5 Å². The van der Waals surface area contributed by atoms with Gasteiger partial charge in [-0.2, -0.15) is 0 Å². The van der Waals surface area contributed by atoms with Crippen LogP contribution in [0.15, 0.2) is 24.3 Å². The molecule has 0 aliphatic carbocycles. The molecular formula is C8H11ClO2. The maximum atomic E-state index is 10.8. The van der Waals surface area contributed by atoms with Crippen LogP contribution in [0, 0.1) is 0 Å². The molecule has 0 saturated carbocycles. The van der Waals surface area contributed by atoms with Crippen LogP contribution in [0.25, 0.3) is 0 Å². The first-order valence-electron chi connectivity index (χ1n) is 3.15. The Morgan fingerprint density at radius 3 is 2.64 bits per heavy atom. The van der Waals surface area contributed by atoms with E-state index in [0.717, 1.165) is 0 Å². The van der Waals surface area contributed by atoms with Crippen molar-refractivity contribution in [3.05, 3.63) is 24.3 Å². The van der Waals surface area contributed by atoms with E-state index in [1.165, 1.54) is 13.2 Å². The van der Waals surface area contributed by atoms with Crippen molar-refractivity contribution in [1.29, 1.82) is 0 Å². The molecule has 3 heteroatoms. The van der Waals surface area contributed by atoms with Gasteiger partial charge in [-0.1, -0.05) is 12.2 Å².